The molecule has 7 atom stereocenters. The average molecular weight is 320 g/mol. The van der Waals surface area contributed by atoms with Crippen LogP contribution in [-0.4, -0.2) is 33.6 Å². The van der Waals surface area contributed by atoms with Crippen molar-refractivity contribution in [3.05, 3.63) is 12.2 Å². The van der Waals surface area contributed by atoms with Crippen LogP contribution in [0, 0.1) is 34.0 Å². The minimum absolute atomic E-state index is 0.135. The summed E-state index contributed by atoms with van der Waals surface area (Å²) >= 11 is 0. The van der Waals surface area contributed by atoms with Crippen LogP contribution in [-0.2, 0) is 0 Å². The van der Waals surface area contributed by atoms with E-state index in [1.165, 1.54) is 25.7 Å². The van der Waals surface area contributed by atoms with Crippen LogP contribution in [0.3, 0.4) is 0 Å². The Labute approximate surface area is 139 Å². The summed E-state index contributed by atoms with van der Waals surface area (Å²) in [4.78, 5) is 0. The molecule has 2 bridgehead atoms. The number of aliphatic hydroxyl groups is 3. The summed E-state index contributed by atoms with van der Waals surface area (Å²) in [6, 6.07) is 0. The van der Waals surface area contributed by atoms with Crippen molar-refractivity contribution < 1.29 is 15.3 Å². The number of hydrogen-bond acceptors (Lipinski definition) is 3. The lowest BCUT2D eigenvalue weighted by atomic mass is 9.36. The molecule has 3 heteroatoms. The zero-order valence-corrected chi connectivity index (χ0v) is 14.8. The van der Waals surface area contributed by atoms with Crippen LogP contribution in [0.4, 0.5) is 0 Å². The van der Waals surface area contributed by atoms with E-state index in [-0.39, 0.29) is 29.3 Å². The number of fused-ring (bicyclic) bond motifs is 2. The Morgan fingerprint density at radius 2 is 1.87 bits per heavy atom. The van der Waals surface area contributed by atoms with Crippen LogP contribution < -0.4 is 0 Å². The second-order valence-corrected chi connectivity index (χ2v) is 9.96. The fourth-order valence-electron chi connectivity index (χ4n) is 7.62. The Kier molecular flexibility index (Phi) is 3.23. The molecule has 1 spiro atoms. The summed E-state index contributed by atoms with van der Waals surface area (Å²) < 4.78 is 0. The van der Waals surface area contributed by atoms with Gasteiger partial charge < -0.3 is 15.3 Å². The highest BCUT2D eigenvalue weighted by Crippen LogP contribution is 2.70. The Morgan fingerprint density at radius 1 is 1.13 bits per heavy atom. The van der Waals surface area contributed by atoms with Crippen molar-refractivity contribution in [2.24, 2.45) is 34.0 Å². The standard InChI is InChI=1S/C20H32O3/c1-17(2)7-4-8-18(3)14(17)6-10-19-9-5-13(15(22)16(18)19)20(23,11-19)12-21/h5,9,13-16,21-23H,4,6-8,10-12H2,1-3H3/t13-,14+,15+,16-,18+,19+,20+/m0/s1. The van der Waals surface area contributed by atoms with Crippen molar-refractivity contribution >= 4 is 0 Å². The van der Waals surface area contributed by atoms with Gasteiger partial charge in [-0.05, 0) is 54.3 Å². The maximum absolute atomic E-state index is 11.2. The third-order valence-electron chi connectivity index (χ3n) is 8.38. The minimum atomic E-state index is -1.14. The van der Waals surface area contributed by atoms with E-state index in [0.29, 0.717) is 17.8 Å². The monoisotopic (exact) mass is 320 g/mol. The van der Waals surface area contributed by atoms with E-state index in [2.05, 4.69) is 26.8 Å². The molecule has 0 aromatic carbocycles. The van der Waals surface area contributed by atoms with Gasteiger partial charge >= 0.3 is 0 Å². The fraction of sp³-hybridized carbons (Fsp3) is 0.900. The molecule has 0 aromatic rings. The van der Waals surface area contributed by atoms with Crippen LogP contribution >= 0.6 is 0 Å². The number of rotatable bonds is 1. The zero-order chi connectivity index (χ0) is 16.7. The van der Waals surface area contributed by atoms with E-state index in [9.17, 15) is 15.3 Å². The van der Waals surface area contributed by atoms with Crippen molar-refractivity contribution in [1.29, 1.82) is 0 Å². The summed E-state index contributed by atoms with van der Waals surface area (Å²) in [5.74, 6) is 0.541. The van der Waals surface area contributed by atoms with Gasteiger partial charge in [-0.15, -0.1) is 0 Å². The normalized spacial score (nSPS) is 57.0. The SMILES string of the molecule is CC1(C)CCC[C@]2(C)[C@@H]1CC[C@@]13C=C[C@@H]([C@@H](O)[C@H]12)[C@](O)(CO)C3. The van der Waals surface area contributed by atoms with Gasteiger partial charge in [-0.3, -0.25) is 0 Å². The maximum Gasteiger partial charge on any atom is 0.0972 e. The van der Waals surface area contributed by atoms with Gasteiger partial charge in [0, 0.05) is 11.8 Å². The molecule has 130 valence electrons. The van der Waals surface area contributed by atoms with Gasteiger partial charge in [0.1, 0.15) is 0 Å². The van der Waals surface area contributed by atoms with Gasteiger partial charge in [0.05, 0.1) is 18.3 Å². The molecule has 0 unspecified atom stereocenters. The number of hydrogen-bond donors (Lipinski definition) is 3. The van der Waals surface area contributed by atoms with E-state index >= 15 is 0 Å². The Bertz CT molecular complexity index is 541. The lowest BCUT2D eigenvalue weighted by molar-refractivity contribution is -0.244. The lowest BCUT2D eigenvalue weighted by Gasteiger charge is -2.69. The average Bonchev–Trinajstić information content (AvgIpc) is 2.45. The van der Waals surface area contributed by atoms with Crippen molar-refractivity contribution in [2.75, 3.05) is 6.61 Å². The Balaban J connectivity index is 1.80. The van der Waals surface area contributed by atoms with Crippen LogP contribution in [0.25, 0.3) is 0 Å². The molecule has 5 aliphatic carbocycles. The third kappa shape index (κ3) is 1.88. The summed E-state index contributed by atoms with van der Waals surface area (Å²) in [6.45, 7) is 6.96. The topological polar surface area (TPSA) is 60.7 Å². The van der Waals surface area contributed by atoms with Gasteiger partial charge in [-0.1, -0.05) is 39.3 Å². The Morgan fingerprint density at radius 3 is 2.57 bits per heavy atom. The van der Waals surface area contributed by atoms with E-state index in [1.807, 2.05) is 6.08 Å². The molecule has 0 heterocycles. The van der Waals surface area contributed by atoms with E-state index in [4.69, 9.17) is 0 Å². The molecule has 23 heavy (non-hydrogen) atoms. The fourth-order valence-corrected chi connectivity index (χ4v) is 7.62. The first-order valence-electron chi connectivity index (χ1n) is 9.39. The Hall–Kier alpha value is -0.380. The molecule has 0 amide bonds. The van der Waals surface area contributed by atoms with Gasteiger partial charge in [-0.2, -0.15) is 0 Å². The molecule has 0 saturated heterocycles. The van der Waals surface area contributed by atoms with Crippen molar-refractivity contribution in [3.8, 4) is 0 Å². The highest BCUT2D eigenvalue weighted by Gasteiger charge is 2.68. The summed E-state index contributed by atoms with van der Waals surface area (Å²) in [5, 5.41) is 31.9. The minimum Gasteiger partial charge on any atom is -0.393 e. The predicted octanol–water partition coefficient (Wildman–Crippen LogP) is 2.89. The van der Waals surface area contributed by atoms with Crippen molar-refractivity contribution in [1.82, 2.24) is 0 Å². The molecule has 5 rings (SSSR count). The highest BCUT2D eigenvalue weighted by atomic mass is 16.3. The molecule has 3 fully saturated rings. The number of allylic oxidation sites excluding steroid dienone is 1. The van der Waals surface area contributed by atoms with Gasteiger partial charge in [0.2, 0.25) is 0 Å². The largest absolute Gasteiger partial charge is 0.393 e. The van der Waals surface area contributed by atoms with E-state index in [1.54, 1.807) is 0 Å². The van der Waals surface area contributed by atoms with Crippen LogP contribution in [0.2, 0.25) is 0 Å². The first-order chi connectivity index (χ1) is 10.7. The number of aliphatic hydroxyl groups excluding tert-OH is 2. The van der Waals surface area contributed by atoms with Crippen LogP contribution in [0.5, 0.6) is 0 Å². The third-order valence-corrected chi connectivity index (χ3v) is 8.38. The molecule has 0 aromatic heterocycles. The summed E-state index contributed by atoms with van der Waals surface area (Å²) in [5.41, 5.74) is -0.802. The molecular weight excluding hydrogens is 288 g/mol. The lowest BCUT2D eigenvalue weighted by Crippen LogP contribution is -2.69. The van der Waals surface area contributed by atoms with E-state index in [0.717, 1.165) is 6.42 Å². The highest BCUT2D eigenvalue weighted by molar-refractivity contribution is 5.28. The van der Waals surface area contributed by atoms with Gasteiger partial charge in [0.25, 0.3) is 0 Å². The summed E-state index contributed by atoms with van der Waals surface area (Å²) in [6.07, 6.45) is 10.3. The molecule has 3 nitrogen and oxygen atoms in total. The zero-order valence-electron chi connectivity index (χ0n) is 14.8. The molecule has 5 aliphatic rings. The van der Waals surface area contributed by atoms with E-state index < -0.39 is 11.7 Å². The first kappa shape index (κ1) is 16.1. The maximum atomic E-state index is 11.2. The van der Waals surface area contributed by atoms with Crippen molar-refractivity contribution in [3.63, 3.8) is 0 Å². The molecule has 0 radical (unpaired) electrons. The first-order valence-corrected chi connectivity index (χ1v) is 9.39. The van der Waals surface area contributed by atoms with Crippen LogP contribution in [0.15, 0.2) is 12.2 Å². The van der Waals surface area contributed by atoms with Crippen molar-refractivity contribution in [2.45, 2.75) is 71.0 Å². The molecule has 3 N–H and O–H groups in total. The van der Waals surface area contributed by atoms with Gasteiger partial charge in [-0.25, -0.2) is 0 Å². The van der Waals surface area contributed by atoms with Gasteiger partial charge in [0.15, 0.2) is 0 Å². The second kappa shape index (κ2) is 4.62. The summed E-state index contributed by atoms with van der Waals surface area (Å²) in [7, 11) is 0. The molecular formula is C20H32O3. The van der Waals surface area contributed by atoms with Crippen LogP contribution in [0.1, 0.15) is 59.3 Å². The second-order valence-electron chi connectivity index (χ2n) is 9.96. The smallest absolute Gasteiger partial charge is 0.0972 e. The molecule has 0 aliphatic heterocycles. The quantitative estimate of drug-likeness (QED) is 0.651. The predicted molar refractivity (Wildman–Crippen MR) is 89.7 cm³/mol. The molecule has 3 saturated carbocycles.